The number of hydrogen-bond donors (Lipinski definition) is 1. The fourth-order valence-corrected chi connectivity index (χ4v) is 3.64. The van der Waals surface area contributed by atoms with Crippen molar-refractivity contribution in [2.24, 2.45) is 5.92 Å². The average molecular weight is 333 g/mol. The molecule has 0 radical (unpaired) electrons. The molecule has 2 bridgehead atoms. The standard InChI is InChI=1S/C18H20N2O2.ClH/c21-18(19-15-10-13-8-9-20(11-13)12-15)17-7-6-16(22-17)14-4-2-1-3-5-14;/h1-7,13,15H,8-12H2,(H,19,21);1H/t13-,15-;/m1./s1. The first-order valence-electron chi connectivity index (χ1n) is 7.96. The second-order valence-corrected chi connectivity index (χ2v) is 6.35. The van der Waals surface area contributed by atoms with E-state index in [1.165, 1.54) is 19.5 Å². The summed E-state index contributed by atoms with van der Waals surface area (Å²) >= 11 is 0. The third kappa shape index (κ3) is 3.43. The monoisotopic (exact) mass is 332 g/mol. The molecule has 1 amide bonds. The first-order valence-corrected chi connectivity index (χ1v) is 7.96. The van der Waals surface area contributed by atoms with Crippen molar-refractivity contribution in [2.45, 2.75) is 18.9 Å². The van der Waals surface area contributed by atoms with Crippen LogP contribution in [-0.2, 0) is 0 Å². The van der Waals surface area contributed by atoms with E-state index in [0.29, 0.717) is 5.76 Å². The molecule has 3 atom stereocenters. The van der Waals surface area contributed by atoms with Crippen LogP contribution in [0.2, 0.25) is 0 Å². The van der Waals surface area contributed by atoms with Gasteiger partial charge in [-0.25, -0.2) is 0 Å². The second-order valence-electron chi connectivity index (χ2n) is 6.35. The van der Waals surface area contributed by atoms with Gasteiger partial charge in [0.1, 0.15) is 5.76 Å². The van der Waals surface area contributed by atoms with E-state index in [0.717, 1.165) is 30.2 Å². The first kappa shape index (κ1) is 16.1. The Bertz CT molecular complexity index is 659. The Morgan fingerprint density at radius 3 is 2.74 bits per heavy atom. The number of piperidine rings is 1. The van der Waals surface area contributed by atoms with Crippen molar-refractivity contribution >= 4 is 18.3 Å². The van der Waals surface area contributed by atoms with Crippen molar-refractivity contribution in [3.05, 3.63) is 48.2 Å². The number of carbonyl (C=O) groups is 1. The van der Waals surface area contributed by atoms with Crippen LogP contribution in [0.3, 0.4) is 0 Å². The van der Waals surface area contributed by atoms with Gasteiger partial charge in [0, 0.05) is 24.7 Å². The van der Waals surface area contributed by atoms with Gasteiger partial charge in [-0.1, -0.05) is 30.3 Å². The zero-order chi connectivity index (χ0) is 14.9. The fourth-order valence-electron chi connectivity index (χ4n) is 3.64. The number of benzene rings is 1. The average Bonchev–Trinajstić information content (AvgIpc) is 3.15. The summed E-state index contributed by atoms with van der Waals surface area (Å²) in [6.45, 7) is 3.34. The lowest BCUT2D eigenvalue weighted by atomic mass is 9.97. The van der Waals surface area contributed by atoms with Gasteiger partial charge >= 0.3 is 0 Å². The Morgan fingerprint density at radius 1 is 1.13 bits per heavy atom. The number of rotatable bonds is 3. The zero-order valence-electron chi connectivity index (χ0n) is 12.9. The van der Waals surface area contributed by atoms with Crippen LogP contribution in [0, 0.1) is 5.92 Å². The smallest absolute Gasteiger partial charge is 0.287 e. The van der Waals surface area contributed by atoms with Crippen LogP contribution in [0.25, 0.3) is 11.3 Å². The van der Waals surface area contributed by atoms with Gasteiger partial charge in [0.25, 0.3) is 5.91 Å². The molecule has 0 spiro atoms. The topological polar surface area (TPSA) is 45.5 Å². The Morgan fingerprint density at radius 2 is 1.96 bits per heavy atom. The van der Waals surface area contributed by atoms with Crippen molar-refractivity contribution in [1.29, 1.82) is 0 Å². The number of amides is 1. The summed E-state index contributed by atoms with van der Waals surface area (Å²) in [5.74, 6) is 1.77. The molecule has 2 aliphatic rings. The molecular weight excluding hydrogens is 312 g/mol. The number of furan rings is 1. The number of halogens is 1. The highest BCUT2D eigenvalue weighted by Crippen LogP contribution is 2.27. The van der Waals surface area contributed by atoms with E-state index in [1.807, 2.05) is 36.4 Å². The van der Waals surface area contributed by atoms with Gasteiger partial charge in [-0.3, -0.25) is 4.79 Å². The van der Waals surface area contributed by atoms with E-state index in [4.69, 9.17) is 4.42 Å². The lowest BCUT2D eigenvalue weighted by molar-refractivity contribution is 0.0882. The molecule has 1 N–H and O–H groups in total. The Balaban J connectivity index is 0.00000156. The van der Waals surface area contributed by atoms with Gasteiger partial charge in [0.15, 0.2) is 5.76 Å². The van der Waals surface area contributed by atoms with Crippen molar-refractivity contribution in [3.63, 3.8) is 0 Å². The van der Waals surface area contributed by atoms with Crippen LogP contribution in [0.4, 0.5) is 0 Å². The quantitative estimate of drug-likeness (QED) is 0.939. The minimum Gasteiger partial charge on any atom is -0.451 e. The molecule has 0 saturated carbocycles. The number of hydrogen-bond acceptors (Lipinski definition) is 3. The number of nitrogens with one attached hydrogen (secondary N) is 1. The zero-order valence-corrected chi connectivity index (χ0v) is 13.7. The van der Waals surface area contributed by atoms with Gasteiger partial charge in [-0.05, 0) is 37.4 Å². The van der Waals surface area contributed by atoms with E-state index < -0.39 is 0 Å². The van der Waals surface area contributed by atoms with Crippen LogP contribution >= 0.6 is 12.4 Å². The summed E-state index contributed by atoms with van der Waals surface area (Å²) in [5, 5.41) is 3.13. The molecule has 2 saturated heterocycles. The predicted octanol–water partition coefficient (Wildman–Crippen LogP) is 3.19. The molecule has 0 aliphatic carbocycles. The summed E-state index contributed by atoms with van der Waals surface area (Å²) in [6.07, 6.45) is 2.36. The summed E-state index contributed by atoms with van der Waals surface area (Å²) in [7, 11) is 0. The molecule has 122 valence electrons. The summed E-state index contributed by atoms with van der Waals surface area (Å²) in [6, 6.07) is 13.7. The normalized spacial score (nSPS) is 25.7. The largest absolute Gasteiger partial charge is 0.451 e. The number of carbonyl (C=O) groups excluding carboxylic acids is 1. The van der Waals surface area contributed by atoms with Crippen molar-refractivity contribution in [1.82, 2.24) is 10.2 Å². The first-order chi connectivity index (χ1) is 10.8. The molecule has 5 heteroatoms. The van der Waals surface area contributed by atoms with Crippen molar-refractivity contribution in [2.75, 3.05) is 19.6 Å². The molecule has 2 aromatic rings. The highest BCUT2D eigenvalue weighted by Gasteiger charge is 2.33. The van der Waals surface area contributed by atoms with E-state index in [9.17, 15) is 4.79 Å². The van der Waals surface area contributed by atoms with E-state index >= 15 is 0 Å². The van der Waals surface area contributed by atoms with E-state index in [1.54, 1.807) is 6.07 Å². The van der Waals surface area contributed by atoms with Crippen molar-refractivity contribution in [3.8, 4) is 11.3 Å². The van der Waals surface area contributed by atoms with Gasteiger partial charge in [-0.2, -0.15) is 0 Å². The summed E-state index contributed by atoms with van der Waals surface area (Å²) < 4.78 is 5.72. The number of nitrogens with zero attached hydrogens (tertiary/aromatic N) is 1. The maximum atomic E-state index is 12.4. The molecule has 2 fully saturated rings. The molecule has 1 aromatic heterocycles. The molecule has 23 heavy (non-hydrogen) atoms. The van der Waals surface area contributed by atoms with Crippen LogP contribution in [0.5, 0.6) is 0 Å². The lowest BCUT2D eigenvalue weighted by Crippen LogP contribution is -2.46. The third-order valence-electron chi connectivity index (χ3n) is 4.69. The molecule has 1 aromatic carbocycles. The van der Waals surface area contributed by atoms with Gasteiger partial charge in [-0.15, -0.1) is 12.4 Å². The van der Waals surface area contributed by atoms with Gasteiger partial charge in [0.2, 0.25) is 0 Å². The molecule has 1 unspecified atom stereocenters. The predicted molar refractivity (Wildman–Crippen MR) is 91.8 cm³/mol. The molecule has 3 heterocycles. The summed E-state index contributed by atoms with van der Waals surface area (Å²) in [4.78, 5) is 14.8. The van der Waals surface area contributed by atoms with E-state index in [2.05, 4.69) is 10.2 Å². The SMILES string of the molecule is Cl.O=C(N[C@@H]1C[C@H]2CCN(C2)C1)c1ccc(-c2ccccc2)o1. The van der Waals surface area contributed by atoms with Crippen LogP contribution in [0.15, 0.2) is 46.9 Å². The Labute approximate surface area is 142 Å². The van der Waals surface area contributed by atoms with E-state index in [-0.39, 0.29) is 24.4 Å². The fraction of sp³-hybridized carbons (Fsp3) is 0.389. The minimum atomic E-state index is -0.102. The maximum Gasteiger partial charge on any atom is 0.287 e. The second kappa shape index (κ2) is 6.77. The third-order valence-corrected chi connectivity index (χ3v) is 4.69. The molecular formula is C18H21ClN2O2. The van der Waals surface area contributed by atoms with Crippen LogP contribution in [-0.4, -0.2) is 36.5 Å². The lowest BCUT2D eigenvalue weighted by Gasteiger charge is -2.30. The van der Waals surface area contributed by atoms with Crippen LogP contribution in [0.1, 0.15) is 23.4 Å². The molecule has 2 aliphatic heterocycles. The Kier molecular flexibility index (Phi) is 4.74. The Hall–Kier alpha value is -1.78. The highest BCUT2D eigenvalue weighted by atomic mass is 35.5. The van der Waals surface area contributed by atoms with Gasteiger partial charge in [0.05, 0.1) is 0 Å². The molecule has 4 rings (SSSR count). The minimum absolute atomic E-state index is 0. The van der Waals surface area contributed by atoms with Crippen molar-refractivity contribution < 1.29 is 9.21 Å². The summed E-state index contributed by atoms with van der Waals surface area (Å²) in [5.41, 5.74) is 0.989. The van der Waals surface area contributed by atoms with Crippen LogP contribution < -0.4 is 5.32 Å². The molecule has 4 nitrogen and oxygen atoms in total. The van der Waals surface area contributed by atoms with Gasteiger partial charge < -0.3 is 14.6 Å². The maximum absolute atomic E-state index is 12.4. The number of fused-ring (bicyclic) bond motifs is 2. The highest BCUT2D eigenvalue weighted by molar-refractivity contribution is 5.92.